The summed E-state index contributed by atoms with van der Waals surface area (Å²) in [6, 6.07) is 16.7. The first-order valence-corrected chi connectivity index (χ1v) is 13.6. The molecule has 3 N–H and O–H groups in total. The molecule has 3 rings (SSSR count). The van der Waals surface area contributed by atoms with E-state index in [0.29, 0.717) is 32.4 Å². The first kappa shape index (κ1) is 28.0. The maximum Gasteiger partial charge on any atom is 0.289 e. The van der Waals surface area contributed by atoms with Crippen LogP contribution in [-0.2, 0) is 43.2 Å². The molecule has 37 heavy (non-hydrogen) atoms. The van der Waals surface area contributed by atoms with Gasteiger partial charge in [0.15, 0.2) is 0 Å². The summed E-state index contributed by atoms with van der Waals surface area (Å²) >= 11 is 0. The van der Waals surface area contributed by atoms with Gasteiger partial charge < -0.3 is 20.3 Å². The molecule has 11 heteroatoms. The van der Waals surface area contributed by atoms with E-state index in [-0.39, 0.29) is 19.0 Å². The Morgan fingerprint density at radius 3 is 2.41 bits per heavy atom. The van der Waals surface area contributed by atoms with E-state index >= 15 is 0 Å². The molecule has 0 spiro atoms. The van der Waals surface area contributed by atoms with Crippen LogP contribution in [-0.4, -0.2) is 71.1 Å². The smallest absolute Gasteiger partial charge is 0.289 e. The van der Waals surface area contributed by atoms with Crippen molar-refractivity contribution in [3.05, 3.63) is 65.7 Å². The van der Waals surface area contributed by atoms with Crippen molar-refractivity contribution in [2.45, 2.75) is 31.9 Å². The zero-order valence-corrected chi connectivity index (χ0v) is 21.6. The molecule has 0 aromatic heterocycles. The van der Waals surface area contributed by atoms with Crippen LogP contribution in [0.1, 0.15) is 24.0 Å². The summed E-state index contributed by atoms with van der Waals surface area (Å²) in [7, 11) is -1.34. The molecular formula is C26H32N4O6S. The van der Waals surface area contributed by atoms with Crippen LogP contribution in [0.15, 0.2) is 54.6 Å². The Bertz CT molecular complexity index is 1110. The molecule has 2 atom stereocenters. The molecule has 2 aromatic rings. The predicted molar refractivity (Wildman–Crippen MR) is 139 cm³/mol. The van der Waals surface area contributed by atoms with Crippen molar-refractivity contribution in [3.8, 4) is 5.75 Å². The fourth-order valence-electron chi connectivity index (χ4n) is 3.88. The Hall–Kier alpha value is -3.57. The van der Waals surface area contributed by atoms with E-state index in [0.717, 1.165) is 16.9 Å². The second-order valence-electron chi connectivity index (χ2n) is 8.59. The summed E-state index contributed by atoms with van der Waals surface area (Å²) in [6.07, 6.45) is 3.05. The van der Waals surface area contributed by atoms with Gasteiger partial charge in [0.2, 0.25) is 17.6 Å². The van der Waals surface area contributed by atoms with Crippen molar-refractivity contribution in [2.24, 2.45) is 0 Å². The lowest BCUT2D eigenvalue weighted by Gasteiger charge is -2.23. The van der Waals surface area contributed by atoms with Crippen molar-refractivity contribution in [1.82, 2.24) is 20.3 Å². The number of benzene rings is 2. The molecule has 198 valence electrons. The van der Waals surface area contributed by atoms with Crippen LogP contribution in [0, 0.1) is 0 Å². The van der Waals surface area contributed by atoms with Crippen molar-refractivity contribution >= 4 is 34.5 Å². The fourth-order valence-corrected chi connectivity index (χ4v) is 4.21. The van der Waals surface area contributed by atoms with E-state index in [2.05, 4.69) is 15.4 Å². The fraction of sp³-hybridized carbons (Fsp3) is 0.385. The van der Waals surface area contributed by atoms with Crippen molar-refractivity contribution in [1.29, 1.82) is 0 Å². The van der Waals surface area contributed by atoms with Crippen LogP contribution in [0.2, 0.25) is 0 Å². The van der Waals surface area contributed by atoms with Gasteiger partial charge in [0, 0.05) is 19.3 Å². The van der Waals surface area contributed by atoms with Crippen LogP contribution < -0.4 is 20.1 Å². The summed E-state index contributed by atoms with van der Waals surface area (Å²) in [6.45, 7) is 0.552. The number of carbonyl (C=O) groups excluding carboxylic acids is 4. The number of hydrogen-bond donors (Lipinski definition) is 3. The van der Waals surface area contributed by atoms with Gasteiger partial charge in [-0.05, 0) is 42.5 Å². The molecule has 2 aromatic carbocycles. The first-order chi connectivity index (χ1) is 17.8. The highest BCUT2D eigenvalue weighted by atomic mass is 32.2. The molecule has 0 radical (unpaired) electrons. The van der Waals surface area contributed by atoms with Crippen LogP contribution >= 0.6 is 0 Å². The van der Waals surface area contributed by atoms with E-state index in [4.69, 9.17) is 4.74 Å². The molecule has 2 unspecified atom stereocenters. The summed E-state index contributed by atoms with van der Waals surface area (Å²) in [4.78, 5) is 50.5. The summed E-state index contributed by atoms with van der Waals surface area (Å²) < 4.78 is 19.4. The molecule has 1 heterocycles. The standard InChI is InChI=1S/C26H32N4O6S/c1-37(35)29-17-24(32)30-15-5-8-22(30)25(33)28-16-23(31)26(34)27-14-13-19-9-11-21(12-10-19)36-18-20-6-3-2-4-7-20/h2-4,6-7,9-12,22,29H,5,8,13-18H2,1H3,(H,27,34)(H,28,33). The van der Waals surface area contributed by atoms with Gasteiger partial charge in [0.1, 0.15) is 18.4 Å². The first-order valence-electron chi connectivity index (χ1n) is 12.0. The average Bonchev–Trinajstić information content (AvgIpc) is 3.40. The Labute approximate surface area is 218 Å². The summed E-state index contributed by atoms with van der Waals surface area (Å²) in [5.41, 5.74) is 2.05. The van der Waals surface area contributed by atoms with Gasteiger partial charge in [0.25, 0.3) is 5.91 Å². The number of ether oxygens (including phenoxy) is 1. The quantitative estimate of drug-likeness (QED) is 0.324. The van der Waals surface area contributed by atoms with E-state index in [1.807, 2.05) is 54.6 Å². The van der Waals surface area contributed by atoms with Crippen molar-refractivity contribution in [2.75, 3.05) is 32.4 Å². The second kappa shape index (κ2) is 14.2. The zero-order chi connectivity index (χ0) is 26.6. The molecule has 0 saturated carbocycles. The number of hydrogen-bond acceptors (Lipinski definition) is 6. The average molecular weight is 529 g/mol. The van der Waals surface area contributed by atoms with Crippen LogP contribution in [0.5, 0.6) is 5.75 Å². The van der Waals surface area contributed by atoms with Crippen molar-refractivity contribution in [3.63, 3.8) is 0 Å². The highest BCUT2D eigenvalue weighted by Gasteiger charge is 2.34. The maximum absolute atomic E-state index is 12.5. The Morgan fingerprint density at radius 1 is 0.973 bits per heavy atom. The van der Waals surface area contributed by atoms with Gasteiger partial charge in [-0.2, -0.15) is 0 Å². The normalized spacial score (nSPS) is 15.6. The number of carbonyl (C=O) groups is 4. The Kier molecular flexibility index (Phi) is 10.8. The van der Waals surface area contributed by atoms with E-state index in [1.165, 1.54) is 11.2 Å². The summed E-state index contributed by atoms with van der Waals surface area (Å²) in [5, 5.41) is 5.02. The monoisotopic (exact) mass is 528 g/mol. The third-order valence-corrected chi connectivity index (χ3v) is 6.40. The second-order valence-corrected chi connectivity index (χ2v) is 9.78. The molecule has 0 aliphatic carbocycles. The number of ketones is 1. The zero-order valence-electron chi connectivity index (χ0n) is 20.7. The van der Waals surface area contributed by atoms with Crippen LogP contribution in [0.3, 0.4) is 0 Å². The van der Waals surface area contributed by atoms with E-state index < -0.39 is 41.2 Å². The van der Waals surface area contributed by atoms with Crippen LogP contribution in [0.25, 0.3) is 0 Å². The van der Waals surface area contributed by atoms with Gasteiger partial charge in [-0.25, -0.2) is 8.93 Å². The lowest BCUT2D eigenvalue weighted by Crippen LogP contribution is -2.50. The SMILES string of the molecule is CS(=O)NCC(=O)N1CCCC1C(=O)NCC(=O)C(=O)NCCc1ccc(OCc2ccccc2)cc1. The number of nitrogens with zero attached hydrogens (tertiary/aromatic N) is 1. The predicted octanol–water partition coefficient (Wildman–Crippen LogP) is 0.484. The number of nitrogens with one attached hydrogen (secondary N) is 3. The number of Topliss-reactive ketones (excluding diaryl/α,β-unsaturated/α-hetero) is 1. The summed E-state index contributed by atoms with van der Waals surface area (Å²) in [5.74, 6) is -1.64. The molecule has 1 saturated heterocycles. The van der Waals surface area contributed by atoms with E-state index in [9.17, 15) is 23.4 Å². The minimum absolute atomic E-state index is 0.141. The number of amides is 3. The van der Waals surface area contributed by atoms with Gasteiger partial charge in [-0.1, -0.05) is 42.5 Å². The highest BCUT2D eigenvalue weighted by molar-refractivity contribution is 7.82. The molecule has 10 nitrogen and oxygen atoms in total. The third kappa shape index (κ3) is 9.10. The molecule has 3 amide bonds. The molecule has 1 aliphatic heterocycles. The molecule has 1 fully saturated rings. The minimum Gasteiger partial charge on any atom is -0.489 e. The lowest BCUT2D eigenvalue weighted by molar-refractivity contribution is -0.140. The maximum atomic E-state index is 12.5. The molecular weight excluding hydrogens is 496 g/mol. The topological polar surface area (TPSA) is 134 Å². The van der Waals surface area contributed by atoms with Gasteiger partial charge in [0.05, 0.1) is 24.1 Å². The largest absolute Gasteiger partial charge is 0.489 e. The third-order valence-electron chi connectivity index (χ3n) is 5.85. The van der Waals surface area contributed by atoms with Gasteiger partial charge in [-0.15, -0.1) is 0 Å². The lowest BCUT2D eigenvalue weighted by atomic mass is 10.1. The highest BCUT2D eigenvalue weighted by Crippen LogP contribution is 2.17. The van der Waals surface area contributed by atoms with Crippen molar-refractivity contribution < 1.29 is 28.1 Å². The Balaban J connectivity index is 1.35. The minimum atomic E-state index is -1.34. The van der Waals surface area contributed by atoms with Crippen LogP contribution in [0.4, 0.5) is 0 Å². The molecule has 0 bridgehead atoms. The Morgan fingerprint density at radius 2 is 1.70 bits per heavy atom. The number of likely N-dealkylation sites (tertiary alicyclic amines) is 1. The van der Waals surface area contributed by atoms with Gasteiger partial charge in [-0.3, -0.25) is 19.2 Å². The van der Waals surface area contributed by atoms with E-state index in [1.54, 1.807) is 0 Å². The number of rotatable bonds is 13. The molecule has 1 aliphatic rings. The van der Waals surface area contributed by atoms with Gasteiger partial charge >= 0.3 is 0 Å².